The topological polar surface area (TPSA) is 36.4 Å². The predicted octanol–water partition coefficient (Wildman–Crippen LogP) is 3.61. The number of rotatable bonds is 3. The predicted molar refractivity (Wildman–Crippen MR) is 100 cm³/mol. The van der Waals surface area contributed by atoms with Gasteiger partial charge in [-0.05, 0) is 38.5 Å². The highest BCUT2D eigenvalue weighted by Crippen LogP contribution is 2.25. The van der Waals surface area contributed by atoms with Crippen LogP contribution in [0.2, 0.25) is 5.02 Å². The zero-order valence-corrected chi connectivity index (χ0v) is 15.9. The molecule has 0 aliphatic carbocycles. The van der Waals surface area contributed by atoms with Gasteiger partial charge in [0.2, 0.25) is 5.91 Å². The van der Waals surface area contributed by atoms with E-state index < -0.39 is 0 Å². The fourth-order valence-corrected chi connectivity index (χ4v) is 4.20. The number of hydrogen-bond donors (Lipinski definition) is 0. The van der Waals surface area contributed by atoms with Gasteiger partial charge in [0.05, 0.1) is 17.1 Å². The van der Waals surface area contributed by atoms with Gasteiger partial charge in [0.25, 0.3) is 0 Å². The molecule has 0 atom stereocenters. The van der Waals surface area contributed by atoms with Crippen molar-refractivity contribution in [2.75, 3.05) is 31.1 Å². The zero-order valence-electron chi connectivity index (χ0n) is 14.3. The summed E-state index contributed by atoms with van der Waals surface area (Å²) >= 11 is 7.75. The number of hydrogen-bond acceptors (Lipinski definition) is 4. The number of benzene rings is 1. The maximum atomic E-state index is 12.6. The van der Waals surface area contributed by atoms with Crippen molar-refractivity contribution in [3.63, 3.8) is 0 Å². The summed E-state index contributed by atoms with van der Waals surface area (Å²) < 4.78 is 0. The highest BCUT2D eigenvalue weighted by molar-refractivity contribution is 7.11. The average Bonchev–Trinajstić information content (AvgIpc) is 2.87. The minimum atomic E-state index is 0.198. The van der Waals surface area contributed by atoms with E-state index in [1.54, 1.807) is 11.3 Å². The van der Waals surface area contributed by atoms with Gasteiger partial charge in [0.1, 0.15) is 0 Å². The van der Waals surface area contributed by atoms with Crippen LogP contribution in [0.25, 0.3) is 0 Å². The molecule has 0 saturated carbocycles. The Morgan fingerprint density at radius 3 is 2.54 bits per heavy atom. The molecule has 1 aromatic carbocycles. The van der Waals surface area contributed by atoms with E-state index in [1.165, 1.54) is 11.3 Å². The highest BCUT2D eigenvalue weighted by atomic mass is 35.5. The summed E-state index contributed by atoms with van der Waals surface area (Å²) in [6.45, 7) is 9.24. The Bertz CT molecular complexity index is 751. The molecule has 0 bridgehead atoms. The summed E-state index contributed by atoms with van der Waals surface area (Å²) in [4.78, 5) is 22.3. The lowest BCUT2D eigenvalue weighted by atomic mass is 10.1. The first-order valence-corrected chi connectivity index (χ1v) is 9.35. The third-order valence-electron chi connectivity index (χ3n) is 4.46. The summed E-state index contributed by atoms with van der Waals surface area (Å²) in [6.07, 6.45) is 0.466. The Morgan fingerprint density at radius 2 is 1.92 bits per heavy atom. The van der Waals surface area contributed by atoms with E-state index in [1.807, 2.05) is 36.9 Å². The van der Waals surface area contributed by atoms with Gasteiger partial charge in [-0.15, -0.1) is 11.3 Å². The number of halogens is 1. The van der Waals surface area contributed by atoms with E-state index in [2.05, 4.69) is 16.8 Å². The van der Waals surface area contributed by atoms with Gasteiger partial charge in [-0.25, -0.2) is 4.98 Å². The Balaban J connectivity index is 1.61. The fraction of sp³-hybridized carbons (Fsp3) is 0.444. The quantitative estimate of drug-likeness (QED) is 0.835. The van der Waals surface area contributed by atoms with Crippen molar-refractivity contribution in [2.24, 2.45) is 0 Å². The largest absolute Gasteiger partial charge is 0.368 e. The molecule has 6 heteroatoms. The minimum absolute atomic E-state index is 0.198. The second kappa shape index (κ2) is 7.11. The second-order valence-corrected chi connectivity index (χ2v) is 7.94. The SMILES string of the molecule is Cc1nc(C)c(CC(=O)N2CCN(c3cc(Cl)ccc3C)CC2)s1. The van der Waals surface area contributed by atoms with Crippen LogP contribution in [-0.2, 0) is 11.2 Å². The lowest BCUT2D eigenvalue weighted by Crippen LogP contribution is -2.49. The van der Waals surface area contributed by atoms with Gasteiger partial charge in [-0.2, -0.15) is 0 Å². The van der Waals surface area contributed by atoms with Crippen molar-refractivity contribution in [2.45, 2.75) is 27.2 Å². The molecule has 2 aromatic rings. The van der Waals surface area contributed by atoms with Crippen LogP contribution in [0.5, 0.6) is 0 Å². The summed E-state index contributed by atoms with van der Waals surface area (Å²) in [5.74, 6) is 0.198. The molecule has 1 aliphatic heterocycles. The van der Waals surface area contributed by atoms with Crippen LogP contribution in [-0.4, -0.2) is 42.0 Å². The first-order valence-electron chi connectivity index (χ1n) is 8.16. The molecule has 128 valence electrons. The van der Waals surface area contributed by atoms with E-state index in [0.29, 0.717) is 6.42 Å². The van der Waals surface area contributed by atoms with Crippen molar-refractivity contribution < 1.29 is 4.79 Å². The highest BCUT2D eigenvalue weighted by Gasteiger charge is 2.23. The maximum absolute atomic E-state index is 12.6. The van der Waals surface area contributed by atoms with E-state index in [0.717, 1.165) is 46.8 Å². The van der Waals surface area contributed by atoms with Crippen LogP contribution in [0, 0.1) is 20.8 Å². The molecule has 0 radical (unpaired) electrons. The van der Waals surface area contributed by atoms with Crippen LogP contribution in [0.4, 0.5) is 5.69 Å². The Kier molecular flexibility index (Phi) is 5.11. The van der Waals surface area contributed by atoms with Gasteiger partial charge < -0.3 is 9.80 Å². The van der Waals surface area contributed by atoms with Crippen molar-refractivity contribution >= 4 is 34.5 Å². The molecule has 1 aromatic heterocycles. The molecule has 3 rings (SSSR count). The molecular formula is C18H22ClN3OS. The summed E-state index contributed by atoms with van der Waals surface area (Å²) in [7, 11) is 0. The molecular weight excluding hydrogens is 342 g/mol. The standard InChI is InChI=1S/C18H22ClN3OS/c1-12-4-5-15(19)10-16(12)21-6-8-22(9-7-21)18(23)11-17-13(2)20-14(3)24-17/h4-5,10H,6-9,11H2,1-3H3. The molecule has 1 aliphatic rings. The average molecular weight is 364 g/mol. The van der Waals surface area contributed by atoms with Crippen molar-refractivity contribution in [3.8, 4) is 0 Å². The van der Waals surface area contributed by atoms with E-state index in [4.69, 9.17) is 11.6 Å². The number of amides is 1. The normalized spacial score (nSPS) is 15.0. The Labute approximate surface area is 152 Å². The monoisotopic (exact) mass is 363 g/mol. The van der Waals surface area contributed by atoms with Crippen LogP contribution in [0.3, 0.4) is 0 Å². The van der Waals surface area contributed by atoms with E-state index in [9.17, 15) is 4.79 Å². The maximum Gasteiger partial charge on any atom is 0.228 e. The first-order chi connectivity index (χ1) is 11.4. The smallest absolute Gasteiger partial charge is 0.228 e. The molecule has 24 heavy (non-hydrogen) atoms. The van der Waals surface area contributed by atoms with Gasteiger partial charge in [-0.1, -0.05) is 17.7 Å². The molecule has 0 N–H and O–H groups in total. The summed E-state index contributed by atoms with van der Waals surface area (Å²) in [5.41, 5.74) is 3.37. The fourth-order valence-electron chi connectivity index (χ4n) is 3.11. The van der Waals surface area contributed by atoms with E-state index >= 15 is 0 Å². The summed E-state index contributed by atoms with van der Waals surface area (Å²) in [6, 6.07) is 5.97. The number of aryl methyl sites for hydroxylation is 3. The minimum Gasteiger partial charge on any atom is -0.368 e. The number of anilines is 1. The van der Waals surface area contributed by atoms with Crippen LogP contribution < -0.4 is 4.90 Å². The zero-order chi connectivity index (χ0) is 17.3. The van der Waals surface area contributed by atoms with Crippen LogP contribution >= 0.6 is 22.9 Å². The summed E-state index contributed by atoms with van der Waals surface area (Å²) in [5, 5.41) is 1.78. The lowest BCUT2D eigenvalue weighted by molar-refractivity contribution is -0.130. The molecule has 1 fully saturated rings. The third kappa shape index (κ3) is 3.73. The number of piperazine rings is 1. The second-order valence-electron chi connectivity index (χ2n) is 6.22. The molecule has 1 amide bonds. The van der Waals surface area contributed by atoms with Crippen LogP contribution in [0.15, 0.2) is 18.2 Å². The van der Waals surface area contributed by atoms with Gasteiger partial charge in [0, 0.05) is 41.8 Å². The number of carbonyl (C=O) groups is 1. The van der Waals surface area contributed by atoms with Gasteiger partial charge in [-0.3, -0.25) is 4.79 Å². The Morgan fingerprint density at radius 1 is 1.21 bits per heavy atom. The molecule has 2 heterocycles. The molecule has 0 spiro atoms. The molecule has 4 nitrogen and oxygen atoms in total. The number of thiazole rings is 1. The number of nitrogens with zero attached hydrogens (tertiary/aromatic N) is 3. The first kappa shape index (κ1) is 17.2. The van der Waals surface area contributed by atoms with Crippen molar-refractivity contribution in [1.29, 1.82) is 0 Å². The molecule has 1 saturated heterocycles. The van der Waals surface area contributed by atoms with Crippen molar-refractivity contribution in [1.82, 2.24) is 9.88 Å². The number of carbonyl (C=O) groups excluding carboxylic acids is 1. The lowest BCUT2D eigenvalue weighted by Gasteiger charge is -2.37. The van der Waals surface area contributed by atoms with Crippen LogP contribution in [0.1, 0.15) is 21.1 Å². The Hall–Kier alpha value is -1.59. The van der Waals surface area contributed by atoms with Crippen molar-refractivity contribution in [3.05, 3.63) is 44.4 Å². The third-order valence-corrected chi connectivity index (χ3v) is 5.76. The number of aromatic nitrogens is 1. The van der Waals surface area contributed by atoms with Gasteiger partial charge in [0.15, 0.2) is 0 Å². The van der Waals surface area contributed by atoms with E-state index in [-0.39, 0.29) is 5.91 Å². The van der Waals surface area contributed by atoms with Gasteiger partial charge >= 0.3 is 0 Å². The molecule has 0 unspecified atom stereocenters.